The van der Waals surface area contributed by atoms with Crippen LogP contribution in [0.2, 0.25) is 0 Å². The first-order chi connectivity index (χ1) is 11.4. The predicted molar refractivity (Wildman–Crippen MR) is 90.8 cm³/mol. The van der Waals surface area contributed by atoms with Gasteiger partial charge in [0.25, 0.3) is 0 Å². The predicted octanol–water partition coefficient (Wildman–Crippen LogP) is 1.40. The second kappa shape index (κ2) is 8.28. The van der Waals surface area contributed by atoms with Gasteiger partial charge in [0.15, 0.2) is 9.84 Å². The van der Waals surface area contributed by atoms with Crippen LogP contribution in [0.3, 0.4) is 0 Å². The molecule has 0 spiro atoms. The Labute approximate surface area is 142 Å². The van der Waals surface area contributed by atoms with Crippen LogP contribution in [0.5, 0.6) is 0 Å². The summed E-state index contributed by atoms with van der Waals surface area (Å²) in [6.07, 6.45) is 4.71. The van der Waals surface area contributed by atoms with E-state index in [1.807, 2.05) is 0 Å². The number of amides is 2. The highest BCUT2D eigenvalue weighted by Gasteiger charge is 2.27. The Morgan fingerprint density at radius 3 is 2.33 bits per heavy atom. The summed E-state index contributed by atoms with van der Waals surface area (Å²) in [4.78, 5) is 24.0. The van der Waals surface area contributed by atoms with E-state index in [0.717, 1.165) is 32.1 Å². The van der Waals surface area contributed by atoms with Crippen molar-refractivity contribution in [1.29, 1.82) is 0 Å². The minimum absolute atomic E-state index is 0.0228. The third-order valence-corrected chi connectivity index (χ3v) is 6.18. The summed E-state index contributed by atoms with van der Waals surface area (Å²) in [7, 11) is -3.51. The molecule has 1 saturated carbocycles. The maximum atomic E-state index is 12.3. The minimum atomic E-state index is -3.51. The Morgan fingerprint density at radius 1 is 1.12 bits per heavy atom. The monoisotopic (exact) mass is 352 g/mol. The lowest BCUT2D eigenvalue weighted by Crippen LogP contribution is -2.47. The van der Waals surface area contributed by atoms with Crippen molar-refractivity contribution in [3.63, 3.8) is 0 Å². The lowest BCUT2D eigenvalue weighted by Gasteiger charge is -2.23. The van der Waals surface area contributed by atoms with Crippen LogP contribution >= 0.6 is 0 Å². The molecule has 1 aromatic rings. The van der Waals surface area contributed by atoms with Crippen LogP contribution in [0.4, 0.5) is 0 Å². The van der Waals surface area contributed by atoms with E-state index in [-0.39, 0.29) is 28.9 Å². The van der Waals surface area contributed by atoms with Gasteiger partial charge in [-0.05, 0) is 31.4 Å². The number of carbonyl (C=O) groups is 2. The lowest BCUT2D eigenvalue weighted by atomic mass is 9.88. The van der Waals surface area contributed by atoms with Crippen molar-refractivity contribution in [3.8, 4) is 0 Å². The third-order valence-electron chi connectivity index (χ3n) is 4.41. The quantitative estimate of drug-likeness (QED) is 0.773. The summed E-state index contributed by atoms with van der Waals surface area (Å²) in [6, 6.07) is 7.07. The van der Waals surface area contributed by atoms with Gasteiger partial charge in [-0.3, -0.25) is 9.59 Å². The van der Waals surface area contributed by atoms with E-state index in [1.54, 1.807) is 18.2 Å². The highest BCUT2D eigenvalue weighted by molar-refractivity contribution is 7.91. The zero-order valence-electron chi connectivity index (χ0n) is 13.6. The van der Waals surface area contributed by atoms with Crippen molar-refractivity contribution in [1.82, 2.24) is 5.32 Å². The molecule has 1 atom stereocenters. The van der Waals surface area contributed by atoms with Crippen LogP contribution in [0.15, 0.2) is 35.2 Å². The normalized spacial score (nSPS) is 17.2. The standard InChI is InChI=1S/C17H24N2O4S/c18-16(20)15(19-17(21)13-7-3-1-4-8-13)11-12-24(22,23)14-9-5-2-6-10-14/h2,5-6,9-10,13,15H,1,3-4,7-8,11-12H2,(H2,18,20)(H,19,21)/t15-/m0/s1. The molecule has 0 saturated heterocycles. The SMILES string of the molecule is NC(=O)[C@H](CCS(=O)(=O)c1ccccc1)NC(=O)C1CCCCC1. The summed E-state index contributed by atoms with van der Waals surface area (Å²) in [5.74, 6) is -1.25. The van der Waals surface area contributed by atoms with E-state index in [2.05, 4.69) is 5.32 Å². The molecule has 2 rings (SSSR count). The highest BCUT2D eigenvalue weighted by Crippen LogP contribution is 2.24. The van der Waals surface area contributed by atoms with Crippen molar-refractivity contribution < 1.29 is 18.0 Å². The van der Waals surface area contributed by atoms with Crippen LogP contribution < -0.4 is 11.1 Å². The molecule has 1 aliphatic carbocycles. The Balaban J connectivity index is 1.96. The molecule has 132 valence electrons. The molecule has 1 aliphatic rings. The number of nitrogens with one attached hydrogen (secondary N) is 1. The number of primary amides is 1. The molecule has 0 bridgehead atoms. The Bertz CT molecular complexity index is 667. The molecule has 0 heterocycles. The Morgan fingerprint density at radius 2 is 1.75 bits per heavy atom. The van der Waals surface area contributed by atoms with Crippen LogP contribution in [0, 0.1) is 5.92 Å². The number of sulfone groups is 1. The van der Waals surface area contributed by atoms with Gasteiger partial charge in [-0.2, -0.15) is 0 Å². The highest BCUT2D eigenvalue weighted by atomic mass is 32.2. The average molecular weight is 352 g/mol. The maximum absolute atomic E-state index is 12.3. The number of rotatable bonds is 7. The van der Waals surface area contributed by atoms with Crippen LogP contribution in [-0.4, -0.2) is 32.0 Å². The van der Waals surface area contributed by atoms with Crippen molar-refractivity contribution in [2.75, 3.05) is 5.75 Å². The first-order valence-corrected chi connectivity index (χ1v) is 9.93. The molecule has 6 nitrogen and oxygen atoms in total. The Kier molecular flexibility index (Phi) is 6.36. The molecule has 7 heteroatoms. The van der Waals surface area contributed by atoms with Crippen molar-refractivity contribution >= 4 is 21.7 Å². The van der Waals surface area contributed by atoms with Crippen LogP contribution in [0.25, 0.3) is 0 Å². The molecule has 1 fully saturated rings. The van der Waals surface area contributed by atoms with E-state index in [9.17, 15) is 18.0 Å². The third kappa shape index (κ3) is 5.06. The summed E-state index contributed by atoms with van der Waals surface area (Å²) in [5, 5.41) is 2.63. The molecule has 2 amide bonds. The van der Waals surface area contributed by atoms with Gasteiger partial charge in [0.1, 0.15) is 6.04 Å². The number of benzene rings is 1. The van der Waals surface area contributed by atoms with E-state index < -0.39 is 21.8 Å². The molecule has 0 radical (unpaired) electrons. The number of nitrogens with two attached hydrogens (primary N) is 1. The first kappa shape index (κ1) is 18.4. The fourth-order valence-corrected chi connectivity index (χ4v) is 4.31. The molecule has 0 aliphatic heterocycles. The minimum Gasteiger partial charge on any atom is -0.368 e. The summed E-state index contributed by atoms with van der Waals surface area (Å²) in [5.41, 5.74) is 5.33. The number of hydrogen-bond acceptors (Lipinski definition) is 4. The molecule has 0 aromatic heterocycles. The lowest BCUT2D eigenvalue weighted by molar-refractivity contribution is -0.130. The van der Waals surface area contributed by atoms with Gasteiger partial charge in [-0.1, -0.05) is 37.5 Å². The largest absolute Gasteiger partial charge is 0.368 e. The van der Waals surface area contributed by atoms with E-state index in [1.165, 1.54) is 12.1 Å². The van der Waals surface area contributed by atoms with Crippen molar-refractivity contribution in [2.45, 2.75) is 49.5 Å². The Hall–Kier alpha value is -1.89. The number of carbonyl (C=O) groups excluding carboxylic acids is 2. The van der Waals surface area contributed by atoms with Crippen molar-refractivity contribution in [2.24, 2.45) is 11.7 Å². The zero-order chi connectivity index (χ0) is 17.6. The fourth-order valence-electron chi connectivity index (χ4n) is 2.96. The van der Waals surface area contributed by atoms with Gasteiger partial charge in [0, 0.05) is 5.92 Å². The molecular formula is C17H24N2O4S. The van der Waals surface area contributed by atoms with Crippen molar-refractivity contribution in [3.05, 3.63) is 30.3 Å². The second-order valence-corrected chi connectivity index (χ2v) is 8.33. The topological polar surface area (TPSA) is 106 Å². The number of hydrogen-bond donors (Lipinski definition) is 2. The van der Waals surface area contributed by atoms with Gasteiger partial charge in [0.2, 0.25) is 11.8 Å². The van der Waals surface area contributed by atoms with Crippen LogP contribution in [-0.2, 0) is 19.4 Å². The molecule has 1 aromatic carbocycles. The van der Waals surface area contributed by atoms with Crippen LogP contribution in [0.1, 0.15) is 38.5 Å². The summed E-state index contributed by atoms with van der Waals surface area (Å²) >= 11 is 0. The first-order valence-electron chi connectivity index (χ1n) is 8.27. The van der Waals surface area contributed by atoms with Gasteiger partial charge >= 0.3 is 0 Å². The average Bonchev–Trinajstić information content (AvgIpc) is 2.59. The van der Waals surface area contributed by atoms with E-state index >= 15 is 0 Å². The molecule has 24 heavy (non-hydrogen) atoms. The second-order valence-electron chi connectivity index (χ2n) is 6.22. The molecular weight excluding hydrogens is 328 g/mol. The maximum Gasteiger partial charge on any atom is 0.240 e. The summed E-state index contributed by atoms with van der Waals surface area (Å²) < 4.78 is 24.6. The van der Waals surface area contributed by atoms with E-state index in [0.29, 0.717) is 0 Å². The fraction of sp³-hybridized carbons (Fsp3) is 0.529. The van der Waals surface area contributed by atoms with Gasteiger partial charge in [-0.25, -0.2) is 8.42 Å². The smallest absolute Gasteiger partial charge is 0.240 e. The van der Waals surface area contributed by atoms with Gasteiger partial charge in [-0.15, -0.1) is 0 Å². The van der Waals surface area contributed by atoms with Gasteiger partial charge < -0.3 is 11.1 Å². The van der Waals surface area contributed by atoms with E-state index in [4.69, 9.17) is 5.73 Å². The summed E-state index contributed by atoms with van der Waals surface area (Å²) in [6.45, 7) is 0. The molecule has 3 N–H and O–H groups in total. The van der Waals surface area contributed by atoms with Gasteiger partial charge in [0.05, 0.1) is 10.6 Å². The zero-order valence-corrected chi connectivity index (χ0v) is 14.4. The molecule has 0 unspecified atom stereocenters.